The van der Waals surface area contributed by atoms with Gasteiger partial charge in [-0.1, -0.05) is 5.57 Å². The third-order valence-corrected chi connectivity index (χ3v) is 2.09. The quantitative estimate of drug-likeness (QED) is 0.746. The normalized spacial score (nSPS) is 9.62. The van der Waals surface area contributed by atoms with Gasteiger partial charge in [-0.25, -0.2) is 0 Å². The summed E-state index contributed by atoms with van der Waals surface area (Å²) in [5.74, 6) is -0.0528. The highest BCUT2D eigenvalue weighted by molar-refractivity contribution is 5.88. The molecular weight excluding hydrogens is 200 g/mol. The molecule has 1 rings (SSSR count). The van der Waals surface area contributed by atoms with E-state index in [2.05, 4.69) is 17.2 Å². The molecule has 0 aliphatic carbocycles. The van der Waals surface area contributed by atoms with Crippen molar-refractivity contribution in [2.24, 2.45) is 0 Å². The molecule has 1 aromatic carbocycles. The summed E-state index contributed by atoms with van der Waals surface area (Å²) in [5.41, 5.74) is 3.04. The van der Waals surface area contributed by atoms with Gasteiger partial charge in [-0.2, -0.15) is 0 Å². The van der Waals surface area contributed by atoms with Gasteiger partial charge in [0.15, 0.2) is 0 Å². The number of carbonyl (C=O) groups is 1. The van der Waals surface area contributed by atoms with Crippen molar-refractivity contribution in [3.8, 4) is 0 Å². The maximum atomic E-state index is 10.8. The van der Waals surface area contributed by atoms with Gasteiger partial charge in [-0.15, -0.1) is 6.58 Å². The lowest BCUT2D eigenvalue weighted by atomic mass is 10.2. The Balaban J connectivity index is 2.45. The van der Waals surface area contributed by atoms with Crippen LogP contribution in [0.3, 0.4) is 0 Å². The lowest BCUT2D eigenvalue weighted by Gasteiger charge is -2.07. The first kappa shape index (κ1) is 12.3. The molecule has 0 aliphatic heterocycles. The van der Waals surface area contributed by atoms with E-state index in [0.717, 1.165) is 24.3 Å². The molecule has 3 nitrogen and oxygen atoms in total. The van der Waals surface area contributed by atoms with Crippen molar-refractivity contribution < 1.29 is 4.79 Å². The summed E-state index contributed by atoms with van der Waals surface area (Å²) < 4.78 is 0. The molecule has 0 fully saturated rings. The fraction of sp³-hybridized carbons (Fsp3) is 0.308. The molecular formula is C13H18N2O. The van der Waals surface area contributed by atoms with Crippen LogP contribution in [0, 0.1) is 0 Å². The Bertz CT molecular complexity index is 368. The summed E-state index contributed by atoms with van der Waals surface area (Å²) in [5, 5.41) is 6.01. The van der Waals surface area contributed by atoms with Crippen LogP contribution >= 0.6 is 0 Å². The van der Waals surface area contributed by atoms with Crippen molar-refractivity contribution in [2.45, 2.75) is 20.3 Å². The summed E-state index contributed by atoms with van der Waals surface area (Å²) in [6.45, 7) is 8.24. The van der Waals surface area contributed by atoms with Crippen molar-refractivity contribution >= 4 is 17.3 Å². The average Bonchev–Trinajstić information content (AvgIpc) is 2.19. The first-order chi connectivity index (χ1) is 7.58. The smallest absolute Gasteiger partial charge is 0.221 e. The third kappa shape index (κ3) is 4.64. The molecule has 0 saturated carbocycles. The van der Waals surface area contributed by atoms with Crippen LogP contribution < -0.4 is 10.6 Å². The fourth-order valence-corrected chi connectivity index (χ4v) is 1.29. The Hall–Kier alpha value is -1.77. The predicted octanol–water partition coefficient (Wildman–Crippen LogP) is 3.02. The first-order valence-electron chi connectivity index (χ1n) is 5.34. The Morgan fingerprint density at radius 3 is 2.25 bits per heavy atom. The van der Waals surface area contributed by atoms with Gasteiger partial charge in [0.1, 0.15) is 0 Å². The van der Waals surface area contributed by atoms with Crippen molar-refractivity contribution in [1.29, 1.82) is 0 Å². The monoisotopic (exact) mass is 218 g/mol. The molecule has 16 heavy (non-hydrogen) atoms. The molecule has 0 atom stereocenters. The Labute approximate surface area is 96.6 Å². The highest BCUT2D eigenvalue weighted by Gasteiger charge is 1.95. The largest absolute Gasteiger partial charge is 0.385 e. The second-order valence-corrected chi connectivity index (χ2v) is 3.89. The minimum atomic E-state index is -0.0528. The Morgan fingerprint density at radius 1 is 1.19 bits per heavy atom. The average molecular weight is 218 g/mol. The van der Waals surface area contributed by atoms with Gasteiger partial charge in [0.05, 0.1) is 0 Å². The molecule has 0 saturated heterocycles. The van der Waals surface area contributed by atoms with Crippen LogP contribution in [0.1, 0.15) is 20.3 Å². The topological polar surface area (TPSA) is 41.1 Å². The van der Waals surface area contributed by atoms with Crippen LogP contribution in [-0.4, -0.2) is 12.5 Å². The summed E-state index contributed by atoms with van der Waals surface area (Å²) in [7, 11) is 0. The molecule has 86 valence electrons. The van der Waals surface area contributed by atoms with Gasteiger partial charge in [-0.3, -0.25) is 4.79 Å². The van der Waals surface area contributed by atoms with Crippen molar-refractivity contribution in [3.05, 3.63) is 36.4 Å². The number of benzene rings is 1. The lowest BCUT2D eigenvalue weighted by molar-refractivity contribution is -0.114. The van der Waals surface area contributed by atoms with Gasteiger partial charge in [0.25, 0.3) is 0 Å². The minimum Gasteiger partial charge on any atom is -0.385 e. The van der Waals surface area contributed by atoms with Crippen molar-refractivity contribution in [1.82, 2.24) is 0 Å². The van der Waals surface area contributed by atoms with E-state index < -0.39 is 0 Å². The summed E-state index contributed by atoms with van der Waals surface area (Å²) in [6, 6.07) is 7.66. The molecule has 0 aliphatic rings. The van der Waals surface area contributed by atoms with E-state index in [1.807, 2.05) is 31.2 Å². The molecule has 0 heterocycles. The number of nitrogens with one attached hydrogen (secondary N) is 2. The fourth-order valence-electron chi connectivity index (χ4n) is 1.29. The number of hydrogen-bond acceptors (Lipinski definition) is 2. The summed E-state index contributed by atoms with van der Waals surface area (Å²) in [4.78, 5) is 10.8. The molecule has 0 radical (unpaired) electrons. The SMILES string of the molecule is C=C(C)CCNc1ccc(NC(C)=O)cc1. The second kappa shape index (κ2) is 5.95. The second-order valence-electron chi connectivity index (χ2n) is 3.89. The standard InChI is InChI=1S/C13H18N2O/c1-10(2)8-9-14-12-4-6-13(7-5-12)15-11(3)16/h4-7,14H,1,8-9H2,2-3H3,(H,15,16). The number of carbonyl (C=O) groups excluding carboxylic acids is 1. The van der Waals surface area contributed by atoms with Crippen LogP contribution in [0.5, 0.6) is 0 Å². The van der Waals surface area contributed by atoms with Gasteiger partial charge < -0.3 is 10.6 Å². The molecule has 0 spiro atoms. The van der Waals surface area contributed by atoms with Gasteiger partial charge in [0.2, 0.25) is 5.91 Å². The molecule has 3 heteroatoms. The van der Waals surface area contributed by atoms with Gasteiger partial charge in [-0.05, 0) is 37.6 Å². The summed E-state index contributed by atoms with van der Waals surface area (Å²) in [6.07, 6.45) is 0.966. The molecule has 0 unspecified atom stereocenters. The lowest BCUT2D eigenvalue weighted by Crippen LogP contribution is -2.06. The van der Waals surface area contributed by atoms with E-state index in [-0.39, 0.29) is 5.91 Å². The number of hydrogen-bond donors (Lipinski definition) is 2. The van der Waals surface area contributed by atoms with E-state index in [0.29, 0.717) is 0 Å². The molecule has 0 bridgehead atoms. The minimum absolute atomic E-state index is 0.0528. The van der Waals surface area contributed by atoms with Crippen LogP contribution in [0.15, 0.2) is 36.4 Å². The van der Waals surface area contributed by atoms with E-state index in [1.165, 1.54) is 12.5 Å². The maximum absolute atomic E-state index is 10.8. The first-order valence-corrected chi connectivity index (χ1v) is 5.34. The Morgan fingerprint density at radius 2 is 1.75 bits per heavy atom. The van der Waals surface area contributed by atoms with E-state index >= 15 is 0 Å². The van der Waals surface area contributed by atoms with E-state index in [1.54, 1.807) is 0 Å². The van der Waals surface area contributed by atoms with Crippen molar-refractivity contribution in [3.63, 3.8) is 0 Å². The number of amides is 1. The van der Waals surface area contributed by atoms with Crippen LogP contribution in [0.4, 0.5) is 11.4 Å². The van der Waals surface area contributed by atoms with E-state index in [4.69, 9.17) is 0 Å². The zero-order chi connectivity index (χ0) is 12.0. The predicted molar refractivity (Wildman–Crippen MR) is 68.7 cm³/mol. The molecule has 2 N–H and O–H groups in total. The van der Waals surface area contributed by atoms with Crippen molar-refractivity contribution in [2.75, 3.05) is 17.2 Å². The molecule has 1 amide bonds. The van der Waals surface area contributed by atoms with Crippen LogP contribution in [0.25, 0.3) is 0 Å². The maximum Gasteiger partial charge on any atom is 0.221 e. The highest BCUT2D eigenvalue weighted by Crippen LogP contribution is 2.13. The van der Waals surface area contributed by atoms with Gasteiger partial charge >= 0.3 is 0 Å². The summed E-state index contributed by atoms with van der Waals surface area (Å²) >= 11 is 0. The zero-order valence-electron chi connectivity index (χ0n) is 9.84. The van der Waals surface area contributed by atoms with Crippen LogP contribution in [0.2, 0.25) is 0 Å². The Kier molecular flexibility index (Phi) is 4.58. The zero-order valence-corrected chi connectivity index (χ0v) is 9.84. The molecule has 1 aromatic rings. The molecule has 0 aromatic heterocycles. The number of rotatable bonds is 5. The highest BCUT2D eigenvalue weighted by atomic mass is 16.1. The van der Waals surface area contributed by atoms with Crippen LogP contribution in [-0.2, 0) is 4.79 Å². The van der Waals surface area contributed by atoms with Gasteiger partial charge in [0, 0.05) is 24.8 Å². The number of anilines is 2. The van der Waals surface area contributed by atoms with E-state index in [9.17, 15) is 4.79 Å². The third-order valence-electron chi connectivity index (χ3n) is 2.09.